The predicted molar refractivity (Wildman–Crippen MR) is 94.4 cm³/mol. The van der Waals surface area contributed by atoms with Crippen LogP contribution in [0.4, 0.5) is 14.5 Å². The van der Waals surface area contributed by atoms with E-state index in [-0.39, 0.29) is 35.5 Å². The van der Waals surface area contributed by atoms with Crippen LogP contribution in [0.15, 0.2) is 27.9 Å². The first-order chi connectivity index (χ1) is 12.8. The molecule has 0 saturated heterocycles. The molecule has 1 N–H and O–H groups in total. The largest absolute Gasteiger partial charge is 0.586 e. The van der Waals surface area contributed by atoms with Crippen LogP contribution in [0, 0.1) is 0 Å². The van der Waals surface area contributed by atoms with Gasteiger partial charge in [-0.15, -0.1) is 20.1 Å². The Bertz CT molecular complexity index is 859. The zero-order chi connectivity index (χ0) is 19.4. The van der Waals surface area contributed by atoms with Crippen LogP contribution >= 0.6 is 23.1 Å². The fraction of sp³-hybridized carbons (Fsp3) is 0.312. The molecule has 0 unspecified atom stereocenters. The summed E-state index contributed by atoms with van der Waals surface area (Å²) in [6.45, 7) is 2.03. The third-order valence-corrected chi connectivity index (χ3v) is 5.24. The first-order valence-corrected chi connectivity index (χ1v) is 9.64. The Morgan fingerprint density at radius 3 is 2.89 bits per heavy atom. The van der Waals surface area contributed by atoms with Crippen LogP contribution in [0.5, 0.6) is 11.5 Å². The van der Waals surface area contributed by atoms with Gasteiger partial charge in [-0.3, -0.25) is 9.59 Å². The number of halogens is 2. The number of ether oxygens (including phenoxy) is 3. The second kappa shape index (κ2) is 8.09. The summed E-state index contributed by atoms with van der Waals surface area (Å²) in [6.07, 6.45) is -3.62. The summed E-state index contributed by atoms with van der Waals surface area (Å²) in [7, 11) is 0. The minimum Gasteiger partial charge on any atom is -0.466 e. The molecule has 2 aromatic rings. The number of amides is 1. The molecule has 1 aromatic carbocycles. The lowest BCUT2D eigenvalue weighted by Crippen LogP contribution is -2.25. The highest BCUT2D eigenvalue weighted by Gasteiger charge is 2.43. The fourth-order valence-corrected chi connectivity index (χ4v) is 3.79. The van der Waals surface area contributed by atoms with Gasteiger partial charge in [0.05, 0.1) is 24.5 Å². The van der Waals surface area contributed by atoms with Crippen LogP contribution in [0.3, 0.4) is 0 Å². The van der Waals surface area contributed by atoms with Gasteiger partial charge in [0, 0.05) is 17.1 Å². The number of hydrogen-bond acceptors (Lipinski definition) is 8. The molecule has 0 atom stereocenters. The molecule has 0 radical (unpaired) electrons. The topological polar surface area (TPSA) is 86.8 Å². The van der Waals surface area contributed by atoms with Crippen molar-refractivity contribution in [1.29, 1.82) is 0 Å². The number of hydrogen-bond donors (Lipinski definition) is 1. The van der Waals surface area contributed by atoms with Crippen LogP contribution in [-0.4, -0.2) is 35.5 Å². The van der Waals surface area contributed by atoms with E-state index in [1.165, 1.54) is 41.3 Å². The lowest BCUT2D eigenvalue weighted by molar-refractivity contribution is -0.286. The van der Waals surface area contributed by atoms with Crippen LogP contribution < -0.4 is 14.8 Å². The lowest BCUT2D eigenvalue weighted by atomic mass is 10.3. The molecule has 1 aliphatic heterocycles. The number of alkyl halides is 2. The third kappa shape index (κ3) is 5.30. The number of carbonyl (C=O) groups excluding carboxylic acids is 2. The van der Waals surface area contributed by atoms with Gasteiger partial charge in [-0.1, -0.05) is 11.8 Å². The molecule has 0 saturated carbocycles. The Morgan fingerprint density at radius 1 is 1.33 bits per heavy atom. The molecular formula is C16H14F2N2O5S2. The standard InChI is InChI=1S/C16H14F2N2O5S2/c1-2-23-14(22)6-10-7-26-15(20-10)27-8-13(21)19-9-3-4-11-12(5-9)25-16(17,18)24-11/h3-5,7H,2,6,8H2,1H3,(H,19,21). The summed E-state index contributed by atoms with van der Waals surface area (Å²) in [5.41, 5.74) is 0.890. The number of nitrogens with zero attached hydrogens (tertiary/aromatic N) is 1. The van der Waals surface area contributed by atoms with E-state index in [9.17, 15) is 18.4 Å². The summed E-state index contributed by atoms with van der Waals surface area (Å²) in [4.78, 5) is 27.7. The molecule has 27 heavy (non-hydrogen) atoms. The molecule has 1 aliphatic rings. The van der Waals surface area contributed by atoms with Gasteiger partial charge in [0.1, 0.15) is 0 Å². The van der Waals surface area contributed by atoms with Crippen LogP contribution in [0.2, 0.25) is 0 Å². The normalized spacial score (nSPS) is 14.0. The van der Waals surface area contributed by atoms with Gasteiger partial charge >= 0.3 is 12.3 Å². The van der Waals surface area contributed by atoms with Gasteiger partial charge in [0.2, 0.25) is 5.91 Å². The second-order valence-corrected chi connectivity index (χ2v) is 7.33. The van der Waals surface area contributed by atoms with Crippen molar-refractivity contribution in [2.45, 2.75) is 24.0 Å². The van der Waals surface area contributed by atoms with Crippen molar-refractivity contribution < 1.29 is 32.6 Å². The van der Waals surface area contributed by atoms with E-state index in [0.29, 0.717) is 22.3 Å². The van der Waals surface area contributed by atoms with E-state index in [1.807, 2.05) is 0 Å². The van der Waals surface area contributed by atoms with Gasteiger partial charge in [-0.25, -0.2) is 4.98 Å². The second-order valence-electron chi connectivity index (χ2n) is 5.25. The quantitative estimate of drug-likeness (QED) is 0.547. The van der Waals surface area contributed by atoms with E-state index in [4.69, 9.17) is 4.74 Å². The van der Waals surface area contributed by atoms with Crippen molar-refractivity contribution in [1.82, 2.24) is 4.98 Å². The maximum atomic E-state index is 13.0. The average molecular weight is 416 g/mol. The van der Waals surface area contributed by atoms with Crippen molar-refractivity contribution in [3.63, 3.8) is 0 Å². The van der Waals surface area contributed by atoms with E-state index in [2.05, 4.69) is 19.8 Å². The smallest absolute Gasteiger partial charge is 0.466 e. The number of aromatic nitrogens is 1. The molecule has 1 amide bonds. The van der Waals surface area contributed by atoms with Crippen LogP contribution in [0.1, 0.15) is 12.6 Å². The van der Waals surface area contributed by atoms with Crippen molar-refractivity contribution in [3.05, 3.63) is 29.3 Å². The number of thioether (sulfide) groups is 1. The van der Waals surface area contributed by atoms with Crippen molar-refractivity contribution in [3.8, 4) is 11.5 Å². The van der Waals surface area contributed by atoms with Crippen molar-refractivity contribution in [2.24, 2.45) is 0 Å². The Morgan fingerprint density at radius 2 is 2.11 bits per heavy atom. The molecule has 0 spiro atoms. The number of anilines is 1. The van der Waals surface area contributed by atoms with Gasteiger partial charge in [-0.05, 0) is 19.1 Å². The van der Waals surface area contributed by atoms with Gasteiger partial charge in [0.15, 0.2) is 15.8 Å². The summed E-state index contributed by atoms with van der Waals surface area (Å²) in [6, 6.07) is 3.99. The van der Waals surface area contributed by atoms with Gasteiger partial charge < -0.3 is 19.5 Å². The first kappa shape index (κ1) is 19.4. The highest BCUT2D eigenvalue weighted by Crippen LogP contribution is 2.42. The fourth-order valence-electron chi connectivity index (χ4n) is 2.15. The zero-order valence-corrected chi connectivity index (χ0v) is 15.6. The molecule has 0 bridgehead atoms. The average Bonchev–Trinajstić information content (AvgIpc) is 3.15. The van der Waals surface area contributed by atoms with Crippen molar-refractivity contribution >= 4 is 40.7 Å². The number of benzene rings is 1. The molecule has 11 heteroatoms. The molecule has 1 aromatic heterocycles. The lowest BCUT2D eigenvalue weighted by Gasteiger charge is -2.05. The van der Waals surface area contributed by atoms with Gasteiger partial charge in [0.25, 0.3) is 0 Å². The molecule has 3 rings (SSSR count). The molecular weight excluding hydrogens is 402 g/mol. The third-order valence-electron chi connectivity index (χ3n) is 3.17. The molecule has 7 nitrogen and oxygen atoms in total. The van der Waals surface area contributed by atoms with E-state index < -0.39 is 6.29 Å². The van der Waals surface area contributed by atoms with E-state index in [1.54, 1.807) is 12.3 Å². The molecule has 2 heterocycles. The predicted octanol–water partition coefficient (Wildman–Crippen LogP) is 3.30. The number of carbonyl (C=O) groups is 2. The maximum absolute atomic E-state index is 13.0. The first-order valence-electron chi connectivity index (χ1n) is 7.77. The minimum atomic E-state index is -3.70. The highest BCUT2D eigenvalue weighted by molar-refractivity contribution is 8.01. The number of rotatable bonds is 7. The highest BCUT2D eigenvalue weighted by atomic mass is 32.2. The Hall–Kier alpha value is -2.40. The van der Waals surface area contributed by atoms with Crippen LogP contribution in [-0.2, 0) is 20.7 Å². The summed E-state index contributed by atoms with van der Waals surface area (Å²) in [5.74, 6) is -0.867. The summed E-state index contributed by atoms with van der Waals surface area (Å²) < 4.78 is 40.1. The zero-order valence-electron chi connectivity index (χ0n) is 14.0. The van der Waals surface area contributed by atoms with Crippen molar-refractivity contribution in [2.75, 3.05) is 17.7 Å². The number of thiazole rings is 1. The minimum absolute atomic E-state index is 0.0664. The monoisotopic (exact) mass is 416 g/mol. The summed E-state index contributed by atoms with van der Waals surface area (Å²) in [5, 5.41) is 4.32. The number of fused-ring (bicyclic) bond motifs is 1. The number of esters is 1. The maximum Gasteiger partial charge on any atom is 0.586 e. The van der Waals surface area contributed by atoms with Gasteiger partial charge in [-0.2, -0.15) is 0 Å². The van der Waals surface area contributed by atoms with E-state index >= 15 is 0 Å². The summed E-state index contributed by atoms with van der Waals surface area (Å²) >= 11 is 2.52. The Labute approximate surface area is 161 Å². The van der Waals surface area contributed by atoms with E-state index in [0.717, 1.165) is 0 Å². The SMILES string of the molecule is CCOC(=O)Cc1csc(SCC(=O)Nc2ccc3c(c2)OC(F)(F)O3)n1. The molecule has 144 valence electrons. The molecule has 0 aliphatic carbocycles. The molecule has 0 fully saturated rings. The van der Waals surface area contributed by atoms with Crippen LogP contribution in [0.25, 0.3) is 0 Å². The Balaban J connectivity index is 1.49. The Kier molecular flexibility index (Phi) is 5.80. The number of nitrogens with one attached hydrogen (secondary N) is 1.